The van der Waals surface area contributed by atoms with Gasteiger partial charge in [0.05, 0.1) is 0 Å². The minimum atomic E-state index is 0. The van der Waals surface area contributed by atoms with E-state index < -0.39 is 0 Å². The molecular weight excluding hydrogens is 799 g/mol. The summed E-state index contributed by atoms with van der Waals surface area (Å²) in [5, 5.41) is 5.34. The van der Waals surface area contributed by atoms with Gasteiger partial charge in [-0.05, 0) is 39.0 Å². The number of fused-ring (bicyclic) bond motifs is 2. The average Bonchev–Trinajstić information content (AvgIpc) is 3.62. The molecule has 0 aliphatic rings. The second kappa shape index (κ2) is 19.8. The fourth-order valence-corrected chi connectivity index (χ4v) is 6.26. The summed E-state index contributed by atoms with van der Waals surface area (Å²) in [5.41, 5.74) is 11.1. The van der Waals surface area contributed by atoms with E-state index in [0.717, 1.165) is 0 Å². The Labute approximate surface area is 335 Å². The molecule has 0 N–H and O–H groups in total. The summed E-state index contributed by atoms with van der Waals surface area (Å²) in [6.45, 7) is 23.3. The Morgan fingerprint density at radius 1 is 0.633 bits per heavy atom. The monoisotopic (exact) mass is 848 g/mol. The molecule has 0 unspecified atom stereocenters. The standard InChI is InChI=1S/C22H25.C20H20Br.2CH3.2ClH.Si.Zr/c1-15(2)18-13-17-7-6-8-20(21(17)14-18)16-9-11-19(12-10-16)22(3,4)5;1-13-11-17-16(9-10-19(21)18(17)12-13)14-5-7-15(8-6-14)20(2,3)4;;;;;;/h6-15H,1-5H3;5-12H,1-4H3;2*1H3;2*1H;;/q4*-1;;;;. The number of hydrogen-bond donors (Lipinski definition) is 0. The molecule has 6 rings (SSSR count). The van der Waals surface area contributed by atoms with Crippen molar-refractivity contribution < 1.29 is 23.3 Å². The van der Waals surface area contributed by atoms with Crippen LogP contribution in [0.2, 0.25) is 0 Å². The van der Waals surface area contributed by atoms with E-state index in [0.29, 0.717) is 5.92 Å². The van der Waals surface area contributed by atoms with E-state index in [-0.39, 0.29) is 50.5 Å². The van der Waals surface area contributed by atoms with Crippen molar-refractivity contribution in [3.05, 3.63) is 145 Å². The molecule has 0 heterocycles. The summed E-state index contributed by atoms with van der Waals surface area (Å²) < 4.78 is 1.17. The zero-order chi connectivity index (χ0) is 33.1. The van der Waals surface area contributed by atoms with Crippen LogP contribution in [0.5, 0.6) is 0 Å². The van der Waals surface area contributed by atoms with Gasteiger partial charge in [-0.15, -0.1) is 97.7 Å². The molecule has 0 aliphatic carbocycles. The van der Waals surface area contributed by atoms with E-state index in [1.807, 2.05) is 0 Å². The third-order valence-electron chi connectivity index (χ3n) is 8.54. The molecule has 6 aromatic carbocycles. The van der Waals surface area contributed by atoms with Gasteiger partial charge in [0.1, 0.15) is 0 Å². The third-order valence-corrected chi connectivity index (χ3v) is 9.23. The van der Waals surface area contributed by atoms with Gasteiger partial charge in [0, 0.05) is 0 Å². The second-order valence-corrected chi connectivity index (χ2v) is 15.2. The van der Waals surface area contributed by atoms with Gasteiger partial charge in [-0.25, -0.2) is 0 Å². The maximum absolute atomic E-state index is 3.65. The van der Waals surface area contributed by atoms with Crippen molar-refractivity contribution in [3.8, 4) is 22.3 Å². The van der Waals surface area contributed by atoms with Crippen molar-refractivity contribution >= 4 is 69.2 Å². The summed E-state index contributed by atoms with van der Waals surface area (Å²) in [7, 11) is 0. The molecule has 0 spiro atoms. The Kier molecular flexibility index (Phi) is 19.1. The van der Waals surface area contributed by atoms with Crippen LogP contribution in [0.4, 0.5) is 0 Å². The molecule has 0 bridgehead atoms. The first-order valence-electron chi connectivity index (χ1n) is 15.7. The first-order valence-corrected chi connectivity index (χ1v) is 20.7. The van der Waals surface area contributed by atoms with Crippen LogP contribution in [-0.4, -0.2) is 6.88 Å². The third kappa shape index (κ3) is 11.4. The molecule has 0 nitrogen and oxygen atoms in total. The van der Waals surface area contributed by atoms with Gasteiger partial charge in [-0.3, -0.25) is 0 Å². The fraction of sp³-hybridized carbons (Fsp3) is 0.273. The number of hydrogen-bond acceptors (Lipinski definition) is 0. The second-order valence-electron chi connectivity index (χ2n) is 14.4. The molecule has 0 aliphatic heterocycles. The van der Waals surface area contributed by atoms with Gasteiger partial charge < -0.3 is 14.9 Å². The van der Waals surface area contributed by atoms with Crippen molar-refractivity contribution in [1.82, 2.24) is 0 Å². The Balaban J connectivity index is 0.000000831. The Hall–Kier alpha value is -1.74. The van der Waals surface area contributed by atoms with Crippen LogP contribution in [0.25, 0.3) is 43.8 Å². The Morgan fingerprint density at radius 2 is 1.10 bits per heavy atom. The first kappa shape index (κ1) is 47.3. The zero-order valence-electron chi connectivity index (χ0n) is 31.1. The van der Waals surface area contributed by atoms with E-state index in [9.17, 15) is 0 Å². The van der Waals surface area contributed by atoms with Crippen LogP contribution in [-0.2, 0) is 34.2 Å². The topological polar surface area (TPSA) is 0 Å². The Morgan fingerprint density at radius 3 is 1.55 bits per heavy atom. The first-order chi connectivity index (χ1) is 21.2. The average molecular weight is 852 g/mol. The van der Waals surface area contributed by atoms with Gasteiger partial charge >= 0.3 is 30.2 Å². The normalized spacial score (nSPS) is 10.7. The SMILES string of the molecule is CC(C)c1cc2c(-c3ccc(C(C)(C)C)cc3)cccc2[cH-]1.Cc1cc2c(-c3ccc(C(C)(C)C)cc3)ccc(Br)c2[cH-]1.Cl.Cl.[CH3-].[CH3-].[Si]=[Zr]. The van der Waals surface area contributed by atoms with Crippen molar-refractivity contribution in [2.45, 2.75) is 79.1 Å². The quantitative estimate of drug-likeness (QED) is 0.123. The van der Waals surface area contributed by atoms with E-state index >= 15 is 0 Å². The zero-order valence-corrected chi connectivity index (χ0v) is 37.8. The molecule has 0 amide bonds. The predicted molar refractivity (Wildman–Crippen MR) is 227 cm³/mol. The van der Waals surface area contributed by atoms with E-state index in [2.05, 4.69) is 188 Å². The number of halogens is 3. The fourth-order valence-electron chi connectivity index (χ4n) is 5.80. The number of aryl methyl sites for hydroxylation is 1. The summed E-state index contributed by atoms with van der Waals surface area (Å²) in [5.74, 6) is 0.573. The van der Waals surface area contributed by atoms with Gasteiger partial charge in [-0.1, -0.05) is 145 Å². The van der Waals surface area contributed by atoms with Crippen LogP contribution >= 0.6 is 40.7 Å². The molecule has 5 heteroatoms. The van der Waals surface area contributed by atoms with Gasteiger partial charge in [0.2, 0.25) is 0 Å². The summed E-state index contributed by atoms with van der Waals surface area (Å²) >= 11 is 5.01. The predicted octanol–water partition coefficient (Wildman–Crippen LogP) is 14.6. The van der Waals surface area contributed by atoms with E-state index in [1.165, 1.54) is 93.9 Å². The van der Waals surface area contributed by atoms with E-state index in [4.69, 9.17) is 0 Å². The summed E-state index contributed by atoms with van der Waals surface area (Å²) in [6, 6.07) is 38.2. The molecule has 49 heavy (non-hydrogen) atoms. The van der Waals surface area contributed by atoms with Crippen molar-refractivity contribution in [1.29, 1.82) is 0 Å². The van der Waals surface area contributed by atoms with Crippen LogP contribution in [0.3, 0.4) is 0 Å². The van der Waals surface area contributed by atoms with E-state index in [1.54, 1.807) is 0 Å². The van der Waals surface area contributed by atoms with Crippen molar-refractivity contribution in [2.75, 3.05) is 0 Å². The molecular formula is C44H53BrCl2SiZr-4. The molecule has 0 atom stereocenters. The molecule has 0 saturated carbocycles. The van der Waals surface area contributed by atoms with Crippen LogP contribution < -0.4 is 0 Å². The summed E-state index contributed by atoms with van der Waals surface area (Å²) in [6.07, 6.45) is 0. The van der Waals surface area contributed by atoms with Crippen LogP contribution in [0.1, 0.15) is 83.6 Å². The number of benzene rings is 4. The number of rotatable bonds is 3. The van der Waals surface area contributed by atoms with Gasteiger partial charge in [-0.2, -0.15) is 12.1 Å². The van der Waals surface area contributed by atoms with Gasteiger partial charge in [0.25, 0.3) is 0 Å². The molecule has 262 valence electrons. The van der Waals surface area contributed by atoms with Crippen molar-refractivity contribution in [3.63, 3.8) is 0 Å². The van der Waals surface area contributed by atoms with Crippen LogP contribution in [0.15, 0.2) is 108 Å². The van der Waals surface area contributed by atoms with Gasteiger partial charge in [0.15, 0.2) is 0 Å². The molecule has 0 fully saturated rings. The minimum absolute atomic E-state index is 0. The van der Waals surface area contributed by atoms with Crippen molar-refractivity contribution in [2.24, 2.45) is 0 Å². The molecule has 2 radical (unpaired) electrons. The molecule has 6 aromatic rings. The molecule has 0 saturated heterocycles. The van der Waals surface area contributed by atoms with Crippen LogP contribution in [0, 0.1) is 21.8 Å². The summed E-state index contributed by atoms with van der Waals surface area (Å²) in [4.78, 5) is 0. The maximum atomic E-state index is 3.65. The molecule has 0 aromatic heterocycles. The Bertz CT molecular complexity index is 1880.